The molecule has 2 saturated heterocycles. The van der Waals surface area contributed by atoms with Crippen LogP contribution >= 0.6 is 0 Å². The van der Waals surface area contributed by atoms with Crippen LogP contribution in [0, 0.1) is 10.1 Å². The van der Waals surface area contributed by atoms with Crippen LogP contribution in [0.15, 0.2) is 48.4 Å². The van der Waals surface area contributed by atoms with Crippen LogP contribution in [0.4, 0.5) is 21.9 Å². The van der Waals surface area contributed by atoms with E-state index in [0.29, 0.717) is 6.04 Å². The lowest BCUT2D eigenvalue weighted by atomic mass is 9.97. The van der Waals surface area contributed by atoms with E-state index in [1.54, 1.807) is 10.9 Å². The summed E-state index contributed by atoms with van der Waals surface area (Å²) in [5.74, 6) is 0. The van der Waals surface area contributed by atoms with Crippen molar-refractivity contribution in [3.63, 3.8) is 0 Å². The van der Waals surface area contributed by atoms with Crippen LogP contribution in [0.2, 0.25) is 0 Å². The average molecular weight is 572 g/mol. The van der Waals surface area contributed by atoms with Crippen molar-refractivity contribution in [1.29, 1.82) is 0 Å². The first-order valence-corrected chi connectivity index (χ1v) is 14.6. The van der Waals surface area contributed by atoms with Gasteiger partial charge in [-0.1, -0.05) is 19.9 Å². The number of carbonyl (C=O) groups is 1. The van der Waals surface area contributed by atoms with Crippen LogP contribution < -0.4 is 16.0 Å². The number of aromatic nitrogens is 2. The molecular formula is C30H49N7O4. The van der Waals surface area contributed by atoms with E-state index in [0.717, 1.165) is 50.4 Å². The molecule has 4 rings (SSSR count). The fourth-order valence-corrected chi connectivity index (χ4v) is 4.85. The number of ether oxygens (including phenoxy) is 1. The zero-order chi connectivity index (χ0) is 30.6. The number of piperidine rings is 2. The minimum Gasteiger partial charge on any atom is -0.444 e. The Morgan fingerprint density at radius 1 is 1.07 bits per heavy atom. The number of anilines is 2. The number of amides is 1. The van der Waals surface area contributed by atoms with Gasteiger partial charge < -0.3 is 20.3 Å². The van der Waals surface area contributed by atoms with Crippen molar-refractivity contribution in [1.82, 2.24) is 20.0 Å². The highest BCUT2D eigenvalue weighted by atomic mass is 16.6. The molecule has 1 aromatic heterocycles. The summed E-state index contributed by atoms with van der Waals surface area (Å²) in [5.41, 5.74) is 8.28. The Morgan fingerprint density at radius 3 is 2.12 bits per heavy atom. The van der Waals surface area contributed by atoms with Crippen molar-refractivity contribution in [2.75, 3.05) is 36.8 Å². The zero-order valence-electron chi connectivity index (χ0n) is 25.8. The van der Waals surface area contributed by atoms with Crippen LogP contribution in [-0.4, -0.2) is 63.5 Å². The van der Waals surface area contributed by atoms with Gasteiger partial charge in [0.1, 0.15) is 18.0 Å². The van der Waals surface area contributed by atoms with E-state index in [2.05, 4.69) is 32.3 Å². The fourth-order valence-electron chi connectivity index (χ4n) is 4.85. The molecule has 0 bridgehead atoms. The van der Waals surface area contributed by atoms with E-state index in [-0.39, 0.29) is 16.7 Å². The Bertz CT molecular complexity index is 1110. The molecule has 0 atom stereocenters. The van der Waals surface area contributed by atoms with Crippen LogP contribution in [0.3, 0.4) is 0 Å². The number of nitrogen functional groups attached to an aromatic ring is 1. The van der Waals surface area contributed by atoms with Crippen molar-refractivity contribution < 1.29 is 14.5 Å². The van der Waals surface area contributed by atoms with Gasteiger partial charge in [-0.25, -0.2) is 4.79 Å². The number of benzene rings is 1. The minimum absolute atomic E-state index is 0.0764. The molecule has 2 aliphatic rings. The summed E-state index contributed by atoms with van der Waals surface area (Å²) in [6.07, 6.45) is 8.64. The number of nitrogens with two attached hydrogens (primary N) is 1. The SMILES string of the molecule is C/C=C(\C)NC(=O)OC(C)(C)C.CC.Nc1ccc(N2CCC(N3CCC(n4cc([N+](=O)[O-])cn4)CC3)CC2)cc1. The number of hydrogen-bond acceptors (Lipinski definition) is 8. The molecular weight excluding hydrogens is 522 g/mol. The van der Waals surface area contributed by atoms with Gasteiger partial charge in [0.05, 0.1) is 11.0 Å². The maximum atomic E-state index is 11.1. The van der Waals surface area contributed by atoms with Crippen molar-refractivity contribution in [3.8, 4) is 0 Å². The Hall–Kier alpha value is -3.60. The maximum Gasteiger partial charge on any atom is 0.411 e. The van der Waals surface area contributed by atoms with E-state index in [1.165, 1.54) is 24.7 Å². The molecule has 3 N–H and O–H groups in total. The monoisotopic (exact) mass is 571 g/mol. The van der Waals surface area contributed by atoms with Gasteiger partial charge >= 0.3 is 11.8 Å². The average Bonchev–Trinajstić information content (AvgIpc) is 3.45. The summed E-state index contributed by atoms with van der Waals surface area (Å²) in [6.45, 7) is 17.4. The molecule has 2 aliphatic heterocycles. The van der Waals surface area contributed by atoms with Gasteiger partial charge in [-0.2, -0.15) is 5.10 Å². The lowest BCUT2D eigenvalue weighted by molar-refractivity contribution is -0.385. The molecule has 0 aliphatic carbocycles. The highest BCUT2D eigenvalue weighted by molar-refractivity contribution is 5.69. The van der Waals surface area contributed by atoms with Gasteiger partial charge in [0, 0.05) is 49.3 Å². The quantitative estimate of drug-likeness (QED) is 0.248. The molecule has 41 heavy (non-hydrogen) atoms. The molecule has 2 fully saturated rings. The Labute approximate surface area is 244 Å². The van der Waals surface area contributed by atoms with E-state index in [9.17, 15) is 14.9 Å². The van der Waals surface area contributed by atoms with Crippen LogP contribution in [-0.2, 0) is 4.74 Å². The standard InChI is InChI=1S/C19H26N6O2.C9H17NO2.C2H6/c20-15-1-3-16(4-2-15)22-9-5-17(6-10-22)23-11-7-18(8-12-23)24-14-19(13-21-24)25(26)27;1-6-7(2)10-8(11)12-9(3,4)5;1-2/h1-4,13-14,17-18H,5-12,20H2;6H,1-5H3,(H,10,11);1-2H3/b;7-6+;. The first-order valence-electron chi connectivity index (χ1n) is 14.6. The van der Waals surface area contributed by atoms with Gasteiger partial charge in [0.2, 0.25) is 0 Å². The van der Waals surface area contributed by atoms with Crippen molar-refractivity contribution >= 4 is 23.2 Å². The summed E-state index contributed by atoms with van der Waals surface area (Å²) in [7, 11) is 0. The van der Waals surface area contributed by atoms with E-state index >= 15 is 0 Å². The van der Waals surface area contributed by atoms with Gasteiger partial charge in [-0.15, -0.1) is 0 Å². The number of allylic oxidation sites excluding steroid dienone is 2. The predicted octanol–water partition coefficient (Wildman–Crippen LogP) is 6.14. The molecule has 11 nitrogen and oxygen atoms in total. The van der Waals surface area contributed by atoms with Crippen LogP contribution in [0.5, 0.6) is 0 Å². The highest BCUT2D eigenvalue weighted by Gasteiger charge is 2.29. The van der Waals surface area contributed by atoms with Crippen molar-refractivity contribution in [2.45, 2.75) is 91.8 Å². The fraction of sp³-hybridized carbons (Fsp3) is 0.600. The summed E-state index contributed by atoms with van der Waals surface area (Å²) in [4.78, 5) is 26.5. The number of alkyl carbamates (subject to hydrolysis) is 1. The first kappa shape index (κ1) is 33.6. The number of hydrogen-bond donors (Lipinski definition) is 2. The number of likely N-dealkylation sites (tertiary alicyclic amines) is 1. The molecule has 0 saturated carbocycles. The second-order valence-corrected chi connectivity index (χ2v) is 11.1. The third-order valence-electron chi connectivity index (χ3n) is 7.04. The molecule has 0 radical (unpaired) electrons. The van der Waals surface area contributed by atoms with Crippen molar-refractivity contribution in [3.05, 3.63) is 58.5 Å². The molecule has 0 spiro atoms. The Balaban J connectivity index is 0.000000357. The second-order valence-electron chi connectivity index (χ2n) is 11.1. The largest absolute Gasteiger partial charge is 0.444 e. The van der Waals surface area contributed by atoms with Gasteiger partial charge in [-0.05, 0) is 84.6 Å². The summed E-state index contributed by atoms with van der Waals surface area (Å²) in [5, 5.41) is 17.6. The van der Waals surface area contributed by atoms with Gasteiger partial charge in [-0.3, -0.25) is 20.1 Å². The Morgan fingerprint density at radius 2 is 1.63 bits per heavy atom. The molecule has 2 aromatic rings. The van der Waals surface area contributed by atoms with Gasteiger partial charge in [0.15, 0.2) is 0 Å². The molecule has 0 unspecified atom stereocenters. The summed E-state index contributed by atoms with van der Waals surface area (Å²) < 4.78 is 6.80. The number of rotatable bonds is 5. The third-order valence-corrected chi connectivity index (χ3v) is 7.04. The van der Waals surface area contributed by atoms with Crippen LogP contribution in [0.25, 0.3) is 0 Å². The third kappa shape index (κ3) is 11.1. The number of nitrogens with one attached hydrogen (secondary N) is 1. The van der Waals surface area contributed by atoms with E-state index < -0.39 is 11.7 Å². The van der Waals surface area contributed by atoms with E-state index in [4.69, 9.17) is 10.5 Å². The van der Waals surface area contributed by atoms with E-state index in [1.807, 2.05) is 66.7 Å². The minimum atomic E-state index is -0.432. The highest BCUT2D eigenvalue weighted by Crippen LogP contribution is 2.29. The lowest BCUT2D eigenvalue weighted by Crippen LogP contribution is -2.48. The Kier molecular flexibility index (Phi) is 13.1. The molecule has 3 heterocycles. The second kappa shape index (κ2) is 16.0. The summed E-state index contributed by atoms with van der Waals surface area (Å²) in [6, 6.07) is 9.03. The molecule has 1 amide bonds. The maximum absolute atomic E-state index is 11.1. The van der Waals surface area contributed by atoms with Crippen LogP contribution in [0.1, 0.15) is 80.2 Å². The topological polar surface area (TPSA) is 132 Å². The number of nitrogens with zero attached hydrogens (tertiary/aromatic N) is 5. The normalized spacial score (nSPS) is 17.0. The summed E-state index contributed by atoms with van der Waals surface area (Å²) >= 11 is 0. The predicted molar refractivity (Wildman–Crippen MR) is 165 cm³/mol. The molecule has 11 heteroatoms. The zero-order valence-corrected chi connectivity index (χ0v) is 25.8. The smallest absolute Gasteiger partial charge is 0.411 e. The lowest BCUT2D eigenvalue weighted by Gasteiger charge is -2.42. The van der Waals surface area contributed by atoms with Crippen molar-refractivity contribution in [2.24, 2.45) is 0 Å². The molecule has 1 aromatic carbocycles. The van der Waals surface area contributed by atoms with Gasteiger partial charge in [0.25, 0.3) is 0 Å². The number of nitro groups is 1. The number of carbonyl (C=O) groups excluding carboxylic acids is 1. The first-order chi connectivity index (χ1) is 19.4. The molecule has 228 valence electrons.